The summed E-state index contributed by atoms with van der Waals surface area (Å²) in [6.45, 7) is 2.57. The number of para-hydroxylation sites is 1. The summed E-state index contributed by atoms with van der Waals surface area (Å²) in [4.78, 5) is 20.3. The van der Waals surface area contributed by atoms with Crippen molar-refractivity contribution in [2.24, 2.45) is 11.8 Å². The first-order chi connectivity index (χ1) is 18.8. The fraction of sp³-hybridized carbons (Fsp3) is 0.448. The Morgan fingerprint density at radius 2 is 1.48 bits per heavy atom. The van der Waals surface area contributed by atoms with Crippen LogP contribution in [0.4, 0.5) is 37.0 Å². The van der Waals surface area contributed by atoms with E-state index in [2.05, 4.69) is 4.90 Å². The zero-order valence-corrected chi connectivity index (χ0v) is 21.8. The number of nitrogens with zero attached hydrogens (tertiary/aromatic N) is 3. The third-order valence-corrected chi connectivity index (χ3v) is 7.41. The molecule has 3 aromatic rings. The van der Waals surface area contributed by atoms with Gasteiger partial charge in [0.1, 0.15) is 5.82 Å². The van der Waals surface area contributed by atoms with Gasteiger partial charge in [0.2, 0.25) is 0 Å². The maximum Gasteiger partial charge on any atom is 0.416 e. The van der Waals surface area contributed by atoms with Crippen LogP contribution >= 0.6 is 0 Å². The standard InChI is InChI=1S/C29H29F6N3O2/c1-17-3-2-4-21-11-22(26(36-25(17)21)37(13-18-5-6-18)14-19-7-8-19)16-38(27(39)40)15-20-9-23(28(30,31)32)12-24(10-20)29(33,34)35/h2-4,9-12,18-19H,5-8,13-16H2,1H3,(H,39,40). The minimum Gasteiger partial charge on any atom is -0.465 e. The molecule has 5 rings (SSSR count). The van der Waals surface area contributed by atoms with E-state index in [1.807, 2.05) is 31.2 Å². The molecule has 1 N–H and O–H groups in total. The number of carboxylic acid groups (broad SMARTS) is 1. The Morgan fingerprint density at radius 1 is 0.900 bits per heavy atom. The molecule has 2 aliphatic rings. The number of rotatable bonds is 9. The zero-order chi connectivity index (χ0) is 28.8. The normalized spacial score (nSPS) is 15.9. The van der Waals surface area contributed by atoms with Crippen LogP contribution in [-0.2, 0) is 25.4 Å². The number of halogens is 6. The van der Waals surface area contributed by atoms with Gasteiger partial charge in [-0.3, -0.25) is 4.90 Å². The summed E-state index contributed by atoms with van der Waals surface area (Å²) in [6.07, 6.45) is -7.11. The predicted octanol–water partition coefficient (Wildman–Crippen LogP) is 7.89. The lowest BCUT2D eigenvalue weighted by Gasteiger charge is -2.29. The molecule has 0 aliphatic heterocycles. The van der Waals surface area contributed by atoms with Crippen LogP contribution in [0.5, 0.6) is 0 Å². The van der Waals surface area contributed by atoms with Crippen molar-refractivity contribution >= 4 is 22.8 Å². The first kappa shape index (κ1) is 28.0. The largest absolute Gasteiger partial charge is 0.465 e. The number of aromatic nitrogens is 1. The Labute approximate surface area is 227 Å². The Balaban J connectivity index is 1.53. The average molecular weight is 566 g/mol. The molecule has 214 valence electrons. The first-order valence-electron chi connectivity index (χ1n) is 13.2. The Hall–Kier alpha value is -3.50. The highest BCUT2D eigenvalue weighted by Crippen LogP contribution is 2.39. The topological polar surface area (TPSA) is 56.7 Å². The minimum absolute atomic E-state index is 0.0376. The third-order valence-electron chi connectivity index (χ3n) is 7.41. The molecular weight excluding hydrogens is 536 g/mol. The number of amides is 1. The fourth-order valence-electron chi connectivity index (χ4n) is 4.97. The van der Waals surface area contributed by atoms with Gasteiger partial charge in [-0.1, -0.05) is 18.2 Å². The van der Waals surface area contributed by atoms with E-state index < -0.39 is 41.7 Å². The van der Waals surface area contributed by atoms with Gasteiger partial charge >= 0.3 is 18.4 Å². The van der Waals surface area contributed by atoms with Gasteiger partial charge in [-0.2, -0.15) is 26.3 Å². The van der Waals surface area contributed by atoms with E-state index >= 15 is 0 Å². The molecular formula is C29H29F6N3O2. The van der Waals surface area contributed by atoms with Crippen LogP contribution in [0.15, 0.2) is 42.5 Å². The van der Waals surface area contributed by atoms with Crippen LogP contribution in [0.3, 0.4) is 0 Å². The van der Waals surface area contributed by atoms with Crippen LogP contribution in [-0.4, -0.2) is 34.2 Å². The molecule has 40 heavy (non-hydrogen) atoms. The van der Waals surface area contributed by atoms with E-state index in [0.29, 0.717) is 35.3 Å². The number of anilines is 1. The van der Waals surface area contributed by atoms with Crippen molar-refractivity contribution in [1.82, 2.24) is 9.88 Å². The molecule has 0 bridgehead atoms. The molecule has 2 fully saturated rings. The number of hydrogen-bond acceptors (Lipinski definition) is 3. The minimum atomic E-state index is -5.02. The summed E-state index contributed by atoms with van der Waals surface area (Å²) < 4.78 is 80.5. The van der Waals surface area contributed by atoms with Gasteiger partial charge < -0.3 is 10.0 Å². The predicted molar refractivity (Wildman–Crippen MR) is 138 cm³/mol. The number of pyridine rings is 1. The summed E-state index contributed by atoms with van der Waals surface area (Å²) in [5.41, 5.74) is -1.08. The molecule has 11 heteroatoms. The van der Waals surface area contributed by atoms with Crippen LogP contribution in [0.1, 0.15) is 53.5 Å². The number of hydrogen-bond donors (Lipinski definition) is 1. The Kier molecular flexibility index (Phi) is 7.35. The van der Waals surface area contributed by atoms with E-state index in [1.165, 1.54) is 0 Å². The summed E-state index contributed by atoms with van der Waals surface area (Å²) >= 11 is 0. The number of alkyl halides is 6. The number of fused-ring (bicyclic) bond motifs is 1. The van der Waals surface area contributed by atoms with Crippen molar-refractivity contribution in [3.63, 3.8) is 0 Å². The van der Waals surface area contributed by atoms with Crippen LogP contribution in [0, 0.1) is 18.8 Å². The summed E-state index contributed by atoms with van der Waals surface area (Å²) in [7, 11) is 0. The fourth-order valence-corrected chi connectivity index (χ4v) is 4.97. The maximum atomic E-state index is 13.4. The van der Waals surface area contributed by atoms with Gasteiger partial charge in [-0.15, -0.1) is 0 Å². The van der Waals surface area contributed by atoms with Crippen molar-refractivity contribution in [2.45, 2.75) is 58.0 Å². The third kappa shape index (κ3) is 6.62. The lowest BCUT2D eigenvalue weighted by Crippen LogP contribution is -2.33. The second-order valence-electron chi connectivity index (χ2n) is 11.0. The van der Waals surface area contributed by atoms with Gasteiger partial charge in [0.05, 0.1) is 23.2 Å². The number of benzene rings is 2. The average Bonchev–Trinajstić information content (AvgIpc) is 3.79. The lowest BCUT2D eigenvalue weighted by molar-refractivity contribution is -0.143. The highest BCUT2D eigenvalue weighted by atomic mass is 19.4. The highest BCUT2D eigenvalue weighted by molar-refractivity contribution is 5.85. The Bertz CT molecular complexity index is 1370. The van der Waals surface area contributed by atoms with Crippen molar-refractivity contribution in [1.29, 1.82) is 0 Å². The SMILES string of the molecule is Cc1cccc2cc(CN(Cc3cc(C(F)(F)F)cc(C(F)(F)F)c3)C(=O)O)c(N(CC3CC3)CC3CC3)nc12. The lowest BCUT2D eigenvalue weighted by atomic mass is 10.0. The second kappa shape index (κ2) is 10.5. The van der Waals surface area contributed by atoms with Crippen LogP contribution in [0.2, 0.25) is 0 Å². The molecule has 1 aromatic heterocycles. The van der Waals surface area contributed by atoms with Crippen molar-refractivity contribution < 1.29 is 36.2 Å². The first-order valence-corrected chi connectivity index (χ1v) is 13.2. The molecule has 2 saturated carbocycles. The van der Waals surface area contributed by atoms with Crippen LogP contribution in [0.25, 0.3) is 10.9 Å². The van der Waals surface area contributed by atoms with Crippen LogP contribution < -0.4 is 4.90 Å². The molecule has 0 saturated heterocycles. The monoisotopic (exact) mass is 565 g/mol. The van der Waals surface area contributed by atoms with E-state index in [9.17, 15) is 36.2 Å². The smallest absolute Gasteiger partial charge is 0.416 e. The van der Waals surface area contributed by atoms with Crippen molar-refractivity contribution in [2.75, 3.05) is 18.0 Å². The molecule has 1 heterocycles. The molecule has 5 nitrogen and oxygen atoms in total. The Morgan fingerprint density at radius 3 is 1.98 bits per heavy atom. The molecule has 0 atom stereocenters. The van der Waals surface area contributed by atoms with E-state index in [0.717, 1.165) is 60.1 Å². The molecule has 0 spiro atoms. The molecule has 2 aliphatic carbocycles. The molecule has 2 aromatic carbocycles. The van der Waals surface area contributed by atoms with Gasteiger partial charge in [0.25, 0.3) is 0 Å². The van der Waals surface area contributed by atoms with Gasteiger partial charge in [0.15, 0.2) is 0 Å². The number of carbonyl (C=O) groups is 1. The summed E-state index contributed by atoms with van der Waals surface area (Å²) in [5.74, 6) is 1.65. The summed E-state index contributed by atoms with van der Waals surface area (Å²) in [6, 6.07) is 8.64. The van der Waals surface area contributed by atoms with Crippen molar-refractivity contribution in [3.8, 4) is 0 Å². The second-order valence-corrected chi connectivity index (χ2v) is 11.0. The molecule has 0 unspecified atom stereocenters. The number of aryl methyl sites for hydroxylation is 1. The van der Waals surface area contributed by atoms with E-state index in [1.54, 1.807) is 0 Å². The highest BCUT2D eigenvalue weighted by Gasteiger charge is 2.37. The maximum absolute atomic E-state index is 13.4. The van der Waals surface area contributed by atoms with E-state index in [-0.39, 0.29) is 12.6 Å². The quantitative estimate of drug-likeness (QED) is 0.268. The van der Waals surface area contributed by atoms with Crippen molar-refractivity contribution in [3.05, 3.63) is 70.3 Å². The van der Waals surface area contributed by atoms with Gasteiger partial charge in [-0.25, -0.2) is 9.78 Å². The zero-order valence-electron chi connectivity index (χ0n) is 21.8. The van der Waals surface area contributed by atoms with Gasteiger partial charge in [0, 0.05) is 30.6 Å². The molecule has 0 radical (unpaired) electrons. The van der Waals surface area contributed by atoms with Gasteiger partial charge in [-0.05, 0) is 79.8 Å². The molecule has 1 amide bonds. The summed E-state index contributed by atoms with van der Waals surface area (Å²) in [5, 5.41) is 10.8. The van der Waals surface area contributed by atoms with E-state index in [4.69, 9.17) is 4.98 Å².